The zero-order valence-corrected chi connectivity index (χ0v) is 25.0. The second-order valence-electron chi connectivity index (χ2n) is 12.2. The van der Waals surface area contributed by atoms with Crippen LogP contribution in [-0.2, 0) is 20.8 Å². The van der Waals surface area contributed by atoms with Crippen molar-refractivity contribution in [1.82, 2.24) is 4.90 Å². The summed E-state index contributed by atoms with van der Waals surface area (Å²) in [6.45, 7) is 5.69. The molecule has 6 atom stereocenters. The Morgan fingerprint density at radius 2 is 1.67 bits per heavy atom. The van der Waals surface area contributed by atoms with Crippen LogP contribution >= 0.6 is 11.8 Å². The van der Waals surface area contributed by atoms with Crippen molar-refractivity contribution in [3.05, 3.63) is 95.6 Å². The van der Waals surface area contributed by atoms with Crippen LogP contribution in [0.5, 0.6) is 0 Å². The van der Waals surface area contributed by atoms with E-state index in [9.17, 15) is 19.5 Å². The summed E-state index contributed by atoms with van der Waals surface area (Å²) in [7, 11) is 0. The molecule has 8 heteroatoms. The summed E-state index contributed by atoms with van der Waals surface area (Å²) >= 11 is 1.63. The number of aliphatic hydroxyl groups excluding tert-OH is 1. The van der Waals surface area contributed by atoms with Crippen molar-refractivity contribution in [2.75, 3.05) is 17.2 Å². The molecule has 0 aliphatic carbocycles. The zero-order chi connectivity index (χ0) is 29.6. The van der Waals surface area contributed by atoms with Gasteiger partial charge in [0.2, 0.25) is 17.7 Å². The number of fused-ring (bicyclic) bond motifs is 1. The Morgan fingerprint density at radius 1 is 0.976 bits per heavy atom. The minimum atomic E-state index is -0.836. The summed E-state index contributed by atoms with van der Waals surface area (Å²) in [6.07, 6.45) is 1.77. The Morgan fingerprint density at radius 3 is 2.36 bits per heavy atom. The number of aliphatic hydroxyl groups is 1. The van der Waals surface area contributed by atoms with E-state index in [1.807, 2.05) is 92.7 Å². The fourth-order valence-electron chi connectivity index (χ4n) is 7.41. The maximum Gasteiger partial charge on any atom is 0.248 e. The van der Waals surface area contributed by atoms with E-state index in [2.05, 4.69) is 17.6 Å². The number of rotatable bonds is 8. The summed E-state index contributed by atoms with van der Waals surface area (Å²) < 4.78 is -1.27. The average Bonchev–Trinajstić information content (AvgIpc) is 3.55. The lowest BCUT2D eigenvalue weighted by atomic mass is 9.66. The second kappa shape index (κ2) is 10.9. The third-order valence-electron chi connectivity index (χ3n) is 9.36. The van der Waals surface area contributed by atoms with Crippen LogP contribution in [0, 0.1) is 25.7 Å². The number of para-hydroxylation sites is 1. The Labute approximate surface area is 251 Å². The fourth-order valence-corrected chi connectivity index (χ4v) is 9.75. The summed E-state index contributed by atoms with van der Waals surface area (Å²) in [5.74, 6) is -1.98. The Kier molecular flexibility index (Phi) is 7.39. The van der Waals surface area contributed by atoms with Crippen LogP contribution in [0.2, 0.25) is 0 Å². The van der Waals surface area contributed by atoms with Crippen LogP contribution in [0.1, 0.15) is 36.5 Å². The Bertz CT molecular complexity index is 1520. The first-order chi connectivity index (χ1) is 20.2. The topological polar surface area (TPSA) is 98.7 Å². The number of anilines is 2. The Balaban J connectivity index is 1.41. The molecule has 42 heavy (non-hydrogen) atoms. The monoisotopic (exact) mass is 583 g/mol. The van der Waals surface area contributed by atoms with E-state index in [1.165, 1.54) is 0 Å². The molecule has 2 unspecified atom stereocenters. The summed E-state index contributed by atoms with van der Waals surface area (Å²) in [6, 6.07) is 23.4. The number of likely N-dealkylation sites (tertiary alicyclic amines) is 1. The molecule has 3 aliphatic rings. The highest BCUT2D eigenvalue weighted by Crippen LogP contribution is 2.71. The molecule has 3 aromatic carbocycles. The number of nitrogens with one attached hydrogen (secondary N) is 2. The molecule has 3 N–H and O–H groups in total. The van der Waals surface area contributed by atoms with Crippen molar-refractivity contribution in [3.8, 4) is 0 Å². The van der Waals surface area contributed by atoms with Gasteiger partial charge >= 0.3 is 0 Å². The van der Waals surface area contributed by atoms with Gasteiger partial charge in [-0.2, -0.15) is 0 Å². The smallest absolute Gasteiger partial charge is 0.248 e. The number of carbonyl (C=O) groups excluding carboxylic acids is 3. The van der Waals surface area contributed by atoms with Crippen LogP contribution in [0.3, 0.4) is 0 Å². The van der Waals surface area contributed by atoms with Gasteiger partial charge in [-0.15, -0.1) is 11.8 Å². The molecule has 3 amide bonds. The van der Waals surface area contributed by atoms with Crippen LogP contribution in [0.15, 0.2) is 78.9 Å². The van der Waals surface area contributed by atoms with Crippen molar-refractivity contribution < 1.29 is 19.5 Å². The first-order valence-electron chi connectivity index (χ1n) is 14.6. The molecular formula is C34H37N3O4S. The lowest BCUT2D eigenvalue weighted by Gasteiger charge is -2.37. The molecule has 0 saturated carbocycles. The third kappa shape index (κ3) is 4.71. The van der Waals surface area contributed by atoms with E-state index < -0.39 is 33.4 Å². The SMILES string of the molecule is Cc1ccc(C)c(NC(=O)C2N([C@@H](CO)Cc3ccccc3)C(=O)[C@@H]3[C@H](C(=O)Nc4ccccc4)[C@]4(C)CCC23S4)c1. The lowest BCUT2D eigenvalue weighted by Crippen LogP contribution is -2.55. The number of amides is 3. The largest absolute Gasteiger partial charge is 0.394 e. The molecule has 218 valence electrons. The number of aryl methyl sites for hydroxylation is 2. The minimum Gasteiger partial charge on any atom is -0.394 e. The number of nitrogens with zero attached hydrogens (tertiary/aromatic N) is 1. The van der Waals surface area contributed by atoms with E-state index in [0.29, 0.717) is 24.2 Å². The van der Waals surface area contributed by atoms with Gasteiger partial charge < -0.3 is 20.6 Å². The van der Waals surface area contributed by atoms with Crippen LogP contribution in [0.25, 0.3) is 0 Å². The molecule has 7 nitrogen and oxygen atoms in total. The highest BCUT2D eigenvalue weighted by molar-refractivity contribution is 8.02. The highest BCUT2D eigenvalue weighted by atomic mass is 32.2. The van der Waals surface area contributed by atoms with Crippen molar-refractivity contribution in [3.63, 3.8) is 0 Å². The molecule has 0 aromatic heterocycles. The van der Waals surface area contributed by atoms with Gasteiger partial charge in [0.05, 0.1) is 29.2 Å². The van der Waals surface area contributed by atoms with E-state index >= 15 is 0 Å². The van der Waals surface area contributed by atoms with Crippen LogP contribution < -0.4 is 10.6 Å². The van der Waals surface area contributed by atoms with Gasteiger partial charge in [0.1, 0.15) is 6.04 Å². The highest BCUT2D eigenvalue weighted by Gasteiger charge is 2.77. The van der Waals surface area contributed by atoms with E-state index in [1.54, 1.807) is 16.7 Å². The van der Waals surface area contributed by atoms with Crippen molar-refractivity contribution in [1.29, 1.82) is 0 Å². The van der Waals surface area contributed by atoms with Crippen LogP contribution in [0.4, 0.5) is 11.4 Å². The molecule has 1 spiro atoms. The molecule has 3 fully saturated rings. The number of benzene rings is 3. The third-order valence-corrected chi connectivity index (χ3v) is 11.3. The zero-order valence-electron chi connectivity index (χ0n) is 24.2. The predicted molar refractivity (Wildman–Crippen MR) is 166 cm³/mol. The number of thioether (sulfide) groups is 1. The van der Waals surface area contributed by atoms with Crippen molar-refractivity contribution in [2.24, 2.45) is 11.8 Å². The average molecular weight is 584 g/mol. The van der Waals surface area contributed by atoms with E-state index in [0.717, 1.165) is 23.1 Å². The Hall–Kier alpha value is -3.62. The van der Waals surface area contributed by atoms with Gasteiger partial charge in [0.25, 0.3) is 0 Å². The van der Waals surface area contributed by atoms with Gasteiger partial charge in [-0.25, -0.2) is 0 Å². The summed E-state index contributed by atoms with van der Waals surface area (Å²) in [4.78, 5) is 44.6. The second-order valence-corrected chi connectivity index (χ2v) is 14.1. The molecule has 0 radical (unpaired) electrons. The normalized spacial score (nSPS) is 28.4. The first kappa shape index (κ1) is 28.5. The van der Waals surface area contributed by atoms with Gasteiger partial charge in [-0.3, -0.25) is 14.4 Å². The molecule has 3 saturated heterocycles. The van der Waals surface area contributed by atoms with Crippen LogP contribution in [-0.4, -0.2) is 55.9 Å². The number of hydrogen-bond acceptors (Lipinski definition) is 5. The van der Waals surface area contributed by atoms with E-state index in [-0.39, 0.29) is 24.3 Å². The standard InChI is InChI=1S/C34H37N3O4S/c1-21-14-15-22(2)26(18-21)36-31(40)29-34-17-16-33(3,42-34)27(30(39)35-24-12-8-5-9-13-24)28(34)32(41)37(29)25(20-38)19-23-10-6-4-7-11-23/h4-15,18,25,27-29,38H,16-17,19-20H2,1-3H3,(H,35,39)(H,36,40)/t25-,27-,28+,29?,33+,34?/m1/s1. The van der Waals surface area contributed by atoms with Crippen molar-refractivity contribution >= 4 is 40.9 Å². The maximum absolute atomic E-state index is 14.6. The molecule has 3 aliphatic heterocycles. The summed E-state index contributed by atoms with van der Waals surface area (Å²) in [5, 5.41) is 16.9. The summed E-state index contributed by atoms with van der Waals surface area (Å²) in [5.41, 5.74) is 4.30. The first-order valence-corrected chi connectivity index (χ1v) is 15.4. The molecular weight excluding hydrogens is 546 g/mol. The van der Waals surface area contributed by atoms with Gasteiger partial charge in [0.15, 0.2) is 0 Å². The molecule has 3 heterocycles. The van der Waals surface area contributed by atoms with Gasteiger partial charge in [-0.05, 0) is 74.9 Å². The predicted octanol–water partition coefficient (Wildman–Crippen LogP) is 4.97. The van der Waals surface area contributed by atoms with Crippen molar-refractivity contribution in [2.45, 2.75) is 61.6 Å². The van der Waals surface area contributed by atoms with Gasteiger partial charge in [-0.1, -0.05) is 60.7 Å². The number of carbonyl (C=O) groups is 3. The number of hydrogen-bond donors (Lipinski definition) is 3. The maximum atomic E-state index is 14.6. The molecule has 6 rings (SSSR count). The fraction of sp³-hybridized carbons (Fsp3) is 0.382. The van der Waals surface area contributed by atoms with E-state index in [4.69, 9.17) is 0 Å². The minimum absolute atomic E-state index is 0.199. The lowest BCUT2D eigenvalue weighted by molar-refractivity contribution is -0.141. The van der Waals surface area contributed by atoms with Gasteiger partial charge in [0, 0.05) is 16.1 Å². The molecule has 3 aromatic rings. The molecule has 2 bridgehead atoms. The quantitative estimate of drug-likeness (QED) is 0.348.